The number of hydrogen-bond acceptors (Lipinski definition) is 7. The Morgan fingerprint density at radius 3 is 2.34 bits per heavy atom. The van der Waals surface area contributed by atoms with Crippen LogP contribution in [-0.4, -0.2) is 46.1 Å². The number of aromatic nitrogens is 6. The van der Waals surface area contributed by atoms with Crippen molar-refractivity contribution in [2.45, 2.75) is 20.4 Å². The molecule has 0 fully saturated rings. The molecule has 0 aliphatic rings. The van der Waals surface area contributed by atoms with Gasteiger partial charge in [-0.05, 0) is 18.8 Å². The highest BCUT2D eigenvalue weighted by molar-refractivity contribution is 6.09. The number of amides is 2. The molecule has 2 amide bonds. The van der Waals surface area contributed by atoms with Crippen LogP contribution in [0.2, 0.25) is 0 Å². The molecule has 13 heteroatoms. The van der Waals surface area contributed by atoms with Crippen LogP contribution < -0.4 is 10.6 Å². The first-order valence-electron chi connectivity index (χ1n) is 8.48. The topological polar surface area (TPSA) is 155 Å². The second kappa shape index (κ2) is 7.53. The zero-order valence-electron chi connectivity index (χ0n) is 16.2. The van der Waals surface area contributed by atoms with Gasteiger partial charge in [0.05, 0.1) is 46.3 Å². The second-order valence-corrected chi connectivity index (χ2v) is 6.36. The molecule has 0 saturated heterocycles. The van der Waals surface area contributed by atoms with Crippen molar-refractivity contribution in [2.24, 2.45) is 14.1 Å². The number of nitrogens with zero attached hydrogens (tertiary/aromatic N) is 7. The fourth-order valence-corrected chi connectivity index (χ4v) is 2.67. The number of anilines is 2. The first-order valence-corrected chi connectivity index (χ1v) is 8.48. The summed E-state index contributed by atoms with van der Waals surface area (Å²) >= 11 is 0. The summed E-state index contributed by atoms with van der Waals surface area (Å²) in [5.41, 5.74) is 2.11. The molecule has 3 aromatic heterocycles. The molecule has 0 unspecified atom stereocenters. The van der Waals surface area contributed by atoms with Gasteiger partial charge < -0.3 is 20.7 Å². The van der Waals surface area contributed by atoms with Crippen LogP contribution in [0, 0.1) is 24.0 Å². The second-order valence-electron chi connectivity index (χ2n) is 6.36. The predicted molar refractivity (Wildman–Crippen MR) is 101 cm³/mol. The molecule has 29 heavy (non-hydrogen) atoms. The van der Waals surface area contributed by atoms with E-state index in [1.807, 2.05) is 0 Å². The highest BCUT2D eigenvalue weighted by Gasteiger charge is 2.22. The highest BCUT2D eigenvalue weighted by atomic mass is 16.6. The zero-order chi connectivity index (χ0) is 21.3. The Morgan fingerprint density at radius 2 is 1.76 bits per heavy atom. The molecule has 0 aromatic carbocycles. The van der Waals surface area contributed by atoms with E-state index in [4.69, 9.17) is 0 Å². The Labute approximate surface area is 164 Å². The van der Waals surface area contributed by atoms with Crippen molar-refractivity contribution >= 4 is 29.0 Å². The van der Waals surface area contributed by atoms with E-state index in [0.29, 0.717) is 11.4 Å². The molecule has 2 N–H and O–H groups in total. The van der Waals surface area contributed by atoms with Crippen LogP contribution in [0.4, 0.5) is 17.2 Å². The van der Waals surface area contributed by atoms with E-state index in [-0.39, 0.29) is 23.7 Å². The van der Waals surface area contributed by atoms with Crippen molar-refractivity contribution in [1.82, 2.24) is 29.3 Å². The van der Waals surface area contributed by atoms with Gasteiger partial charge >= 0.3 is 5.82 Å². The minimum atomic E-state index is -0.634. The minimum Gasteiger partial charge on any atom is -0.358 e. The maximum Gasteiger partial charge on any atom is 0.390 e. The molecule has 3 rings (SSSR count). The van der Waals surface area contributed by atoms with Crippen molar-refractivity contribution in [2.75, 3.05) is 10.6 Å². The summed E-state index contributed by atoms with van der Waals surface area (Å²) in [6.07, 6.45) is 2.87. The quantitative estimate of drug-likeness (QED) is 0.456. The predicted octanol–water partition coefficient (Wildman–Crippen LogP) is 0.766. The maximum absolute atomic E-state index is 12.7. The van der Waals surface area contributed by atoms with Crippen molar-refractivity contribution in [3.8, 4) is 0 Å². The van der Waals surface area contributed by atoms with E-state index < -0.39 is 16.7 Å². The fraction of sp³-hybridized carbons (Fsp3) is 0.312. The highest BCUT2D eigenvalue weighted by Crippen LogP contribution is 2.19. The minimum absolute atomic E-state index is 0.143. The average molecular weight is 401 g/mol. The van der Waals surface area contributed by atoms with Gasteiger partial charge in [0.2, 0.25) is 5.91 Å². The molecular weight excluding hydrogens is 382 g/mol. The molecule has 0 radical (unpaired) electrons. The summed E-state index contributed by atoms with van der Waals surface area (Å²) in [7, 11) is 3.32. The molecule has 13 nitrogen and oxygen atoms in total. The third kappa shape index (κ3) is 3.97. The van der Waals surface area contributed by atoms with Gasteiger partial charge in [-0.1, -0.05) is 0 Å². The van der Waals surface area contributed by atoms with E-state index in [0.717, 1.165) is 5.69 Å². The lowest BCUT2D eigenvalue weighted by Gasteiger charge is -2.08. The van der Waals surface area contributed by atoms with Gasteiger partial charge in [0, 0.05) is 14.1 Å². The Morgan fingerprint density at radius 1 is 1.10 bits per heavy atom. The third-order valence-electron chi connectivity index (χ3n) is 4.36. The third-order valence-corrected chi connectivity index (χ3v) is 4.36. The average Bonchev–Trinajstić information content (AvgIpc) is 3.29. The standard InChI is InChI=1S/C16H19N9O4/c1-9-5-13(25(28)29)21-24(9)8-14(26)19-12-7-18-23(4)15(12)16(27)20-11-6-17-22(3)10(11)2/h5-7H,8H2,1-4H3,(H,19,26)(H,20,27). The van der Waals surface area contributed by atoms with E-state index >= 15 is 0 Å². The van der Waals surface area contributed by atoms with Gasteiger partial charge in [-0.2, -0.15) is 14.9 Å². The van der Waals surface area contributed by atoms with Crippen molar-refractivity contribution in [3.05, 3.63) is 45.7 Å². The molecule has 3 aromatic rings. The summed E-state index contributed by atoms with van der Waals surface area (Å²) in [6, 6.07) is 1.27. The monoisotopic (exact) mass is 401 g/mol. The summed E-state index contributed by atoms with van der Waals surface area (Å²) in [6.45, 7) is 3.16. The Bertz CT molecular complexity index is 1110. The van der Waals surface area contributed by atoms with Crippen molar-refractivity contribution < 1.29 is 14.5 Å². The van der Waals surface area contributed by atoms with Gasteiger partial charge in [0.1, 0.15) is 12.2 Å². The molecule has 0 aliphatic heterocycles. The number of rotatable bonds is 6. The van der Waals surface area contributed by atoms with Crippen LogP contribution in [0.15, 0.2) is 18.5 Å². The van der Waals surface area contributed by atoms with Gasteiger partial charge in [-0.3, -0.25) is 19.0 Å². The molecule has 3 heterocycles. The molecule has 152 valence electrons. The summed E-state index contributed by atoms with van der Waals surface area (Å²) in [5, 5.41) is 28.0. The van der Waals surface area contributed by atoms with Crippen LogP contribution in [0.5, 0.6) is 0 Å². The van der Waals surface area contributed by atoms with Gasteiger partial charge in [-0.25, -0.2) is 0 Å². The first kappa shape index (κ1) is 19.7. The van der Waals surface area contributed by atoms with Crippen molar-refractivity contribution in [1.29, 1.82) is 0 Å². The van der Waals surface area contributed by atoms with Crippen LogP contribution in [-0.2, 0) is 25.4 Å². The van der Waals surface area contributed by atoms with Crippen LogP contribution in [0.3, 0.4) is 0 Å². The van der Waals surface area contributed by atoms with E-state index in [1.54, 1.807) is 32.6 Å². The van der Waals surface area contributed by atoms with E-state index in [9.17, 15) is 19.7 Å². The summed E-state index contributed by atoms with van der Waals surface area (Å²) in [4.78, 5) is 35.3. The van der Waals surface area contributed by atoms with Crippen LogP contribution in [0.1, 0.15) is 21.9 Å². The number of aryl methyl sites for hydroxylation is 3. The lowest BCUT2D eigenvalue weighted by atomic mass is 10.3. The number of carbonyl (C=O) groups excluding carboxylic acids is 2. The number of carbonyl (C=O) groups is 2. The normalized spacial score (nSPS) is 10.8. The van der Waals surface area contributed by atoms with Crippen LogP contribution in [0.25, 0.3) is 0 Å². The molecule has 0 saturated carbocycles. The lowest BCUT2D eigenvalue weighted by molar-refractivity contribution is -0.389. The summed E-state index contributed by atoms with van der Waals surface area (Å²) < 4.78 is 4.16. The Hall–Kier alpha value is -4.03. The molecule has 0 aliphatic carbocycles. The molecular formula is C16H19N9O4. The number of hydrogen-bond donors (Lipinski definition) is 2. The zero-order valence-corrected chi connectivity index (χ0v) is 16.2. The fourth-order valence-electron chi connectivity index (χ4n) is 2.67. The lowest BCUT2D eigenvalue weighted by Crippen LogP contribution is -2.23. The van der Waals surface area contributed by atoms with Crippen LogP contribution >= 0.6 is 0 Å². The largest absolute Gasteiger partial charge is 0.390 e. The van der Waals surface area contributed by atoms with Gasteiger partial charge in [0.25, 0.3) is 5.91 Å². The first-order chi connectivity index (χ1) is 13.7. The number of nitro groups is 1. The van der Waals surface area contributed by atoms with Crippen molar-refractivity contribution in [3.63, 3.8) is 0 Å². The maximum atomic E-state index is 12.7. The van der Waals surface area contributed by atoms with E-state index in [1.165, 1.54) is 27.8 Å². The smallest absolute Gasteiger partial charge is 0.358 e. The Kier molecular flexibility index (Phi) is 5.12. The summed E-state index contributed by atoms with van der Waals surface area (Å²) in [5.74, 6) is -1.32. The molecule has 0 bridgehead atoms. The van der Waals surface area contributed by atoms with E-state index in [2.05, 4.69) is 25.9 Å². The Balaban J connectivity index is 1.75. The van der Waals surface area contributed by atoms with Gasteiger partial charge in [-0.15, -0.1) is 0 Å². The molecule has 0 atom stereocenters. The number of nitrogens with one attached hydrogen (secondary N) is 2. The van der Waals surface area contributed by atoms with Gasteiger partial charge in [0.15, 0.2) is 0 Å². The SMILES string of the molecule is Cc1c(NC(=O)c2c(NC(=O)Cn3nc([N+](=O)[O-])cc3C)cnn2C)cnn1C. The molecule has 0 spiro atoms.